The monoisotopic (exact) mass is 262 g/mol. The van der Waals surface area contributed by atoms with E-state index in [2.05, 4.69) is 19.9 Å². The second kappa shape index (κ2) is 4.80. The molecular formula is C16H22O3. The van der Waals surface area contributed by atoms with Crippen molar-refractivity contribution in [2.75, 3.05) is 13.2 Å². The van der Waals surface area contributed by atoms with E-state index in [9.17, 15) is 5.11 Å². The number of hydrogen-bond donors (Lipinski definition) is 1. The summed E-state index contributed by atoms with van der Waals surface area (Å²) in [4.78, 5) is 0. The average Bonchev–Trinajstić information content (AvgIpc) is 2.86. The molecule has 2 atom stereocenters. The molecule has 0 bridgehead atoms. The fourth-order valence-corrected chi connectivity index (χ4v) is 3.13. The van der Waals surface area contributed by atoms with Crippen molar-refractivity contribution in [1.29, 1.82) is 0 Å². The number of rotatable bonds is 2. The standard InChI is InChI=1S/C16H22O3/c1-11(2)14-10-16(17,7-9-18-14)13-5-3-4-12-6-8-19-15(12)13/h3-5,11,14,17H,6-10H2,1-2H3. The zero-order valence-corrected chi connectivity index (χ0v) is 11.7. The number of aliphatic hydroxyl groups is 1. The second-order valence-electron chi connectivity index (χ2n) is 6.03. The molecule has 3 nitrogen and oxygen atoms in total. The van der Waals surface area contributed by atoms with Crippen molar-refractivity contribution < 1.29 is 14.6 Å². The van der Waals surface area contributed by atoms with E-state index in [1.165, 1.54) is 5.56 Å². The molecule has 104 valence electrons. The molecule has 0 saturated carbocycles. The van der Waals surface area contributed by atoms with Crippen molar-refractivity contribution in [3.8, 4) is 5.75 Å². The van der Waals surface area contributed by atoms with Crippen LogP contribution >= 0.6 is 0 Å². The van der Waals surface area contributed by atoms with E-state index < -0.39 is 5.60 Å². The first-order chi connectivity index (χ1) is 9.10. The zero-order valence-electron chi connectivity index (χ0n) is 11.7. The molecule has 3 rings (SSSR count). The molecule has 1 N–H and O–H groups in total. The van der Waals surface area contributed by atoms with Crippen LogP contribution in [0.4, 0.5) is 0 Å². The Hall–Kier alpha value is -1.06. The summed E-state index contributed by atoms with van der Waals surface area (Å²) in [5.41, 5.74) is 1.37. The lowest BCUT2D eigenvalue weighted by molar-refractivity contribution is -0.122. The number of hydrogen-bond acceptors (Lipinski definition) is 3. The first-order valence-electron chi connectivity index (χ1n) is 7.19. The summed E-state index contributed by atoms with van der Waals surface area (Å²) < 4.78 is 11.5. The molecule has 1 saturated heterocycles. The van der Waals surface area contributed by atoms with Crippen LogP contribution in [-0.2, 0) is 16.8 Å². The highest BCUT2D eigenvalue weighted by Crippen LogP contribution is 2.43. The van der Waals surface area contributed by atoms with Gasteiger partial charge in [-0.15, -0.1) is 0 Å². The summed E-state index contributed by atoms with van der Waals surface area (Å²) >= 11 is 0. The molecule has 0 spiro atoms. The van der Waals surface area contributed by atoms with Crippen LogP contribution in [0, 0.1) is 5.92 Å². The maximum atomic E-state index is 11.1. The predicted octanol–water partition coefficient (Wildman–Crippen LogP) is 2.64. The third-order valence-corrected chi connectivity index (χ3v) is 4.35. The first-order valence-corrected chi connectivity index (χ1v) is 7.19. The third kappa shape index (κ3) is 2.26. The van der Waals surface area contributed by atoms with Crippen molar-refractivity contribution in [2.45, 2.75) is 44.8 Å². The van der Waals surface area contributed by atoms with E-state index in [0.717, 1.165) is 24.3 Å². The van der Waals surface area contributed by atoms with E-state index in [0.29, 0.717) is 25.4 Å². The summed E-state index contributed by atoms with van der Waals surface area (Å²) in [7, 11) is 0. The molecule has 3 heteroatoms. The minimum atomic E-state index is -0.803. The second-order valence-corrected chi connectivity index (χ2v) is 6.03. The van der Waals surface area contributed by atoms with Gasteiger partial charge in [-0.1, -0.05) is 32.0 Å². The van der Waals surface area contributed by atoms with Crippen LogP contribution in [0.25, 0.3) is 0 Å². The SMILES string of the molecule is CC(C)C1CC(O)(c2cccc3c2OCC3)CCO1. The number of benzene rings is 1. The molecule has 2 aliphatic rings. The van der Waals surface area contributed by atoms with Crippen LogP contribution in [0.5, 0.6) is 5.75 Å². The zero-order chi connectivity index (χ0) is 13.5. The topological polar surface area (TPSA) is 38.7 Å². The Balaban J connectivity index is 1.94. The molecule has 2 heterocycles. The third-order valence-electron chi connectivity index (χ3n) is 4.35. The van der Waals surface area contributed by atoms with Crippen molar-refractivity contribution in [3.05, 3.63) is 29.3 Å². The quantitative estimate of drug-likeness (QED) is 0.890. The van der Waals surface area contributed by atoms with Crippen molar-refractivity contribution in [2.24, 2.45) is 5.92 Å². The van der Waals surface area contributed by atoms with Gasteiger partial charge in [0.25, 0.3) is 0 Å². The minimum Gasteiger partial charge on any atom is -0.493 e. The Labute approximate surface area is 114 Å². The lowest BCUT2D eigenvalue weighted by atomic mass is 9.80. The highest BCUT2D eigenvalue weighted by Gasteiger charge is 2.40. The van der Waals surface area contributed by atoms with Crippen LogP contribution in [0.15, 0.2) is 18.2 Å². The largest absolute Gasteiger partial charge is 0.493 e. The van der Waals surface area contributed by atoms with Crippen LogP contribution in [0.1, 0.15) is 37.8 Å². The summed E-state index contributed by atoms with van der Waals surface area (Å²) in [5, 5.41) is 11.1. The van der Waals surface area contributed by atoms with Gasteiger partial charge in [-0.3, -0.25) is 0 Å². The molecule has 1 fully saturated rings. The van der Waals surface area contributed by atoms with Crippen molar-refractivity contribution >= 4 is 0 Å². The van der Waals surface area contributed by atoms with Crippen LogP contribution in [0.3, 0.4) is 0 Å². The Bertz CT molecular complexity index is 469. The Kier molecular flexibility index (Phi) is 3.27. The molecule has 19 heavy (non-hydrogen) atoms. The highest BCUT2D eigenvalue weighted by atomic mass is 16.5. The smallest absolute Gasteiger partial charge is 0.128 e. The normalized spacial score (nSPS) is 30.2. The van der Waals surface area contributed by atoms with Gasteiger partial charge in [-0.25, -0.2) is 0 Å². The average molecular weight is 262 g/mol. The molecule has 0 amide bonds. The fourth-order valence-electron chi connectivity index (χ4n) is 3.13. The molecule has 0 aliphatic carbocycles. The Morgan fingerprint density at radius 2 is 2.16 bits per heavy atom. The molecular weight excluding hydrogens is 240 g/mol. The predicted molar refractivity (Wildman–Crippen MR) is 73.3 cm³/mol. The van der Waals surface area contributed by atoms with Crippen LogP contribution in [0.2, 0.25) is 0 Å². The lowest BCUT2D eigenvalue weighted by Gasteiger charge is -2.39. The van der Waals surface area contributed by atoms with Crippen molar-refractivity contribution in [3.63, 3.8) is 0 Å². The van der Waals surface area contributed by atoms with E-state index in [-0.39, 0.29) is 6.10 Å². The van der Waals surface area contributed by atoms with E-state index in [1.54, 1.807) is 0 Å². The Morgan fingerprint density at radius 3 is 2.95 bits per heavy atom. The molecule has 1 aromatic rings. The summed E-state index contributed by atoms with van der Waals surface area (Å²) in [6, 6.07) is 6.13. The van der Waals surface area contributed by atoms with E-state index in [1.807, 2.05) is 12.1 Å². The van der Waals surface area contributed by atoms with Gasteiger partial charge in [0.15, 0.2) is 0 Å². The van der Waals surface area contributed by atoms with Gasteiger partial charge >= 0.3 is 0 Å². The van der Waals surface area contributed by atoms with Gasteiger partial charge in [0, 0.05) is 24.8 Å². The highest BCUT2D eigenvalue weighted by molar-refractivity contribution is 5.47. The molecule has 0 aromatic heterocycles. The number of ether oxygens (including phenoxy) is 2. The first kappa shape index (κ1) is 12.9. The van der Waals surface area contributed by atoms with Crippen molar-refractivity contribution in [1.82, 2.24) is 0 Å². The van der Waals surface area contributed by atoms with E-state index in [4.69, 9.17) is 9.47 Å². The van der Waals surface area contributed by atoms with Gasteiger partial charge < -0.3 is 14.6 Å². The maximum Gasteiger partial charge on any atom is 0.128 e. The van der Waals surface area contributed by atoms with Gasteiger partial charge in [0.2, 0.25) is 0 Å². The number of para-hydroxylation sites is 1. The fraction of sp³-hybridized carbons (Fsp3) is 0.625. The maximum absolute atomic E-state index is 11.1. The lowest BCUT2D eigenvalue weighted by Crippen LogP contribution is -2.40. The van der Waals surface area contributed by atoms with Gasteiger partial charge in [0.05, 0.1) is 24.9 Å². The van der Waals surface area contributed by atoms with Gasteiger partial charge in [0.1, 0.15) is 5.75 Å². The molecule has 0 radical (unpaired) electrons. The van der Waals surface area contributed by atoms with Crippen LogP contribution < -0.4 is 4.74 Å². The molecule has 2 unspecified atom stereocenters. The summed E-state index contributed by atoms with van der Waals surface area (Å²) in [5.74, 6) is 1.33. The van der Waals surface area contributed by atoms with Crippen LogP contribution in [-0.4, -0.2) is 24.4 Å². The van der Waals surface area contributed by atoms with Gasteiger partial charge in [-0.05, 0) is 11.5 Å². The van der Waals surface area contributed by atoms with E-state index >= 15 is 0 Å². The Morgan fingerprint density at radius 1 is 1.32 bits per heavy atom. The summed E-state index contributed by atoms with van der Waals surface area (Å²) in [6.07, 6.45) is 2.38. The molecule has 1 aromatic carbocycles. The summed E-state index contributed by atoms with van der Waals surface area (Å²) in [6.45, 7) is 5.63. The van der Waals surface area contributed by atoms with Gasteiger partial charge in [-0.2, -0.15) is 0 Å². The minimum absolute atomic E-state index is 0.121. The number of fused-ring (bicyclic) bond motifs is 1. The molecule has 2 aliphatic heterocycles.